The SMILES string of the molecule is C.C.C.C.C.C.C.C[C@@H](O)C1O[C@H](O[C@@H]2C(N)C[C@@H](NCc3ccccc3)C(O)[C@H]2O)C(N)[C@@H](O)[C@@H]1O. The Hall–Kier alpha value is -1.18. The molecule has 1 aromatic rings. The van der Waals surface area contributed by atoms with Gasteiger partial charge in [-0.05, 0) is 18.9 Å². The molecule has 1 saturated heterocycles. The van der Waals surface area contributed by atoms with Gasteiger partial charge in [0.1, 0.15) is 30.5 Å². The Morgan fingerprint density at radius 1 is 0.892 bits per heavy atom. The van der Waals surface area contributed by atoms with Crippen LogP contribution in [0.15, 0.2) is 30.3 Å². The fourth-order valence-electron chi connectivity index (χ4n) is 4.07. The largest absolute Gasteiger partial charge is 0.391 e. The topological polar surface area (TPSA) is 184 Å². The number of aliphatic hydroxyl groups excluding tert-OH is 5. The molecule has 4 unspecified atom stereocenters. The number of nitrogens with two attached hydrogens (primary N) is 2. The van der Waals surface area contributed by atoms with Gasteiger partial charge in [-0.1, -0.05) is 82.3 Å². The van der Waals surface area contributed by atoms with Crippen LogP contribution in [0.1, 0.15) is 70.9 Å². The van der Waals surface area contributed by atoms with E-state index in [1.807, 2.05) is 30.3 Å². The van der Waals surface area contributed by atoms with Crippen LogP contribution in [0.3, 0.4) is 0 Å². The van der Waals surface area contributed by atoms with E-state index in [1.165, 1.54) is 6.92 Å². The smallest absolute Gasteiger partial charge is 0.176 e. The summed E-state index contributed by atoms with van der Waals surface area (Å²) in [5.74, 6) is 0. The zero-order chi connectivity index (χ0) is 22.0. The van der Waals surface area contributed by atoms with E-state index in [9.17, 15) is 25.5 Å². The van der Waals surface area contributed by atoms with E-state index in [0.717, 1.165) is 5.56 Å². The second-order valence-electron chi connectivity index (χ2n) is 8.22. The van der Waals surface area contributed by atoms with Crippen LogP contribution < -0.4 is 16.8 Å². The van der Waals surface area contributed by atoms with Crippen LogP contribution in [0.4, 0.5) is 0 Å². The number of ether oxygens (including phenoxy) is 2. The third-order valence-electron chi connectivity index (χ3n) is 5.91. The highest BCUT2D eigenvalue weighted by molar-refractivity contribution is 5.14. The minimum absolute atomic E-state index is 0. The number of hydrogen-bond donors (Lipinski definition) is 8. The summed E-state index contributed by atoms with van der Waals surface area (Å²) in [5.41, 5.74) is 13.2. The quantitative estimate of drug-likeness (QED) is 0.264. The number of aliphatic hydroxyl groups is 5. The van der Waals surface area contributed by atoms with Crippen molar-refractivity contribution in [3.63, 3.8) is 0 Å². The molecule has 226 valence electrons. The van der Waals surface area contributed by atoms with Crippen molar-refractivity contribution in [3.05, 3.63) is 35.9 Å². The van der Waals surface area contributed by atoms with Crippen molar-refractivity contribution in [1.82, 2.24) is 5.32 Å². The fraction of sp³-hybridized carbons (Fsp3) is 0.778. The first kappa shape index (κ1) is 45.7. The summed E-state index contributed by atoms with van der Waals surface area (Å²) < 4.78 is 11.3. The molecule has 2 fully saturated rings. The van der Waals surface area contributed by atoms with Gasteiger partial charge in [-0.3, -0.25) is 0 Å². The van der Waals surface area contributed by atoms with E-state index in [2.05, 4.69) is 5.32 Å². The number of benzene rings is 1. The van der Waals surface area contributed by atoms with Gasteiger partial charge in [-0.25, -0.2) is 0 Å². The first-order valence-corrected chi connectivity index (χ1v) is 10.2. The maximum Gasteiger partial charge on any atom is 0.176 e. The first-order valence-electron chi connectivity index (χ1n) is 10.2. The molecule has 1 saturated carbocycles. The van der Waals surface area contributed by atoms with Crippen LogP contribution in [0.25, 0.3) is 0 Å². The molecule has 3 rings (SSSR count). The van der Waals surface area contributed by atoms with Gasteiger partial charge in [0.05, 0.1) is 18.2 Å². The maximum atomic E-state index is 10.6. The van der Waals surface area contributed by atoms with Gasteiger partial charge in [0.25, 0.3) is 0 Å². The van der Waals surface area contributed by atoms with Crippen LogP contribution in [0.5, 0.6) is 0 Å². The molecule has 10 nitrogen and oxygen atoms in total. The lowest BCUT2D eigenvalue weighted by atomic mass is 9.84. The van der Waals surface area contributed by atoms with Gasteiger partial charge < -0.3 is 51.8 Å². The van der Waals surface area contributed by atoms with Gasteiger partial charge >= 0.3 is 0 Å². The molecule has 0 aromatic heterocycles. The lowest BCUT2D eigenvalue weighted by Gasteiger charge is -2.47. The molecule has 0 bridgehead atoms. The van der Waals surface area contributed by atoms with Crippen LogP contribution >= 0.6 is 0 Å². The second-order valence-corrected chi connectivity index (χ2v) is 8.22. The van der Waals surface area contributed by atoms with Gasteiger partial charge in [-0.15, -0.1) is 0 Å². The molecule has 1 aliphatic carbocycles. The van der Waals surface area contributed by atoms with Crippen molar-refractivity contribution in [2.45, 2.75) is 139 Å². The van der Waals surface area contributed by atoms with Gasteiger partial charge in [0.2, 0.25) is 0 Å². The molecule has 1 aliphatic heterocycles. The Labute approximate surface area is 227 Å². The van der Waals surface area contributed by atoms with E-state index in [4.69, 9.17) is 20.9 Å². The summed E-state index contributed by atoms with van der Waals surface area (Å²) in [6.07, 6.45) is -9.39. The van der Waals surface area contributed by atoms with Crippen LogP contribution in [0, 0.1) is 0 Å². The van der Waals surface area contributed by atoms with Crippen molar-refractivity contribution >= 4 is 0 Å². The molecular weight excluding hydrogens is 478 g/mol. The number of hydrogen-bond acceptors (Lipinski definition) is 10. The highest BCUT2D eigenvalue weighted by atomic mass is 16.7. The Bertz CT molecular complexity index is 671. The Kier molecular flexibility index (Phi) is 24.5. The van der Waals surface area contributed by atoms with E-state index in [1.54, 1.807) is 0 Å². The van der Waals surface area contributed by atoms with Gasteiger partial charge in [-0.2, -0.15) is 0 Å². The number of rotatable bonds is 6. The van der Waals surface area contributed by atoms with Crippen molar-refractivity contribution in [2.24, 2.45) is 11.5 Å². The van der Waals surface area contributed by atoms with Crippen LogP contribution in [-0.4, -0.2) is 92.7 Å². The molecule has 0 radical (unpaired) electrons. The number of nitrogens with one attached hydrogen (secondary N) is 1. The lowest BCUT2D eigenvalue weighted by Crippen LogP contribution is -2.68. The molecule has 37 heavy (non-hydrogen) atoms. The highest BCUT2D eigenvalue weighted by Crippen LogP contribution is 2.28. The zero-order valence-electron chi connectivity index (χ0n) is 16.9. The summed E-state index contributed by atoms with van der Waals surface area (Å²) in [6.45, 7) is 1.91. The minimum atomic E-state index is -1.40. The fourth-order valence-corrected chi connectivity index (χ4v) is 4.07. The van der Waals surface area contributed by atoms with Crippen LogP contribution in [-0.2, 0) is 16.0 Å². The normalized spacial score (nSPS) is 35.1. The molecule has 11 atom stereocenters. The Morgan fingerprint density at radius 2 is 1.43 bits per heavy atom. The van der Waals surface area contributed by atoms with Gasteiger partial charge in [0, 0.05) is 18.6 Å². The monoisotopic (exact) mass is 539 g/mol. The molecule has 0 spiro atoms. The average molecular weight is 540 g/mol. The zero-order valence-corrected chi connectivity index (χ0v) is 16.9. The summed E-state index contributed by atoms with van der Waals surface area (Å²) in [5, 5.41) is 54.4. The van der Waals surface area contributed by atoms with Gasteiger partial charge in [0.15, 0.2) is 6.29 Å². The minimum Gasteiger partial charge on any atom is -0.391 e. The molecule has 1 heterocycles. The van der Waals surface area contributed by atoms with Crippen molar-refractivity contribution in [1.29, 1.82) is 0 Å². The van der Waals surface area contributed by atoms with E-state index >= 15 is 0 Å². The predicted octanol–water partition coefficient (Wildman–Crippen LogP) is 1.59. The van der Waals surface area contributed by atoms with Crippen molar-refractivity contribution in [2.75, 3.05) is 0 Å². The van der Waals surface area contributed by atoms with E-state index < -0.39 is 67.1 Å². The summed E-state index contributed by atoms with van der Waals surface area (Å²) in [7, 11) is 0. The van der Waals surface area contributed by atoms with Crippen molar-refractivity contribution in [3.8, 4) is 0 Å². The lowest BCUT2D eigenvalue weighted by molar-refractivity contribution is -0.301. The average Bonchev–Trinajstić information content (AvgIpc) is 2.73. The third kappa shape index (κ3) is 10.5. The predicted molar refractivity (Wildman–Crippen MR) is 154 cm³/mol. The van der Waals surface area contributed by atoms with E-state index in [-0.39, 0.29) is 52.0 Å². The standard InChI is InChI=1S/C20H33N3O7.7CH4/c1-9(24)18-17(28)15(26)13(22)20(29-18)30-19-11(21)7-12(14(25)16(19)27)23-8-10-5-3-2-4-6-10;;;;;;;/h2-6,9,11-20,23-28H,7-8,21-22H2,1H3;7*1H4/t9-,11?,12-,13?,14?,15-,16-,17+,18?,19-,20-;;;;;;;/m1......./s1. The Morgan fingerprint density at radius 3 is 1.95 bits per heavy atom. The summed E-state index contributed by atoms with van der Waals surface area (Å²) >= 11 is 0. The molecule has 1 aromatic carbocycles. The maximum absolute atomic E-state index is 10.6. The summed E-state index contributed by atoms with van der Waals surface area (Å²) in [4.78, 5) is 0. The first-order chi connectivity index (χ1) is 14.2. The summed E-state index contributed by atoms with van der Waals surface area (Å²) in [6, 6.07) is 7.41. The molecule has 10 heteroatoms. The highest BCUT2D eigenvalue weighted by Gasteiger charge is 2.49. The molecule has 0 amide bonds. The molecular formula is C27H61N3O7. The Balaban J connectivity index is -0.000000488. The second kappa shape index (κ2) is 19.8. The van der Waals surface area contributed by atoms with Crippen molar-refractivity contribution < 1.29 is 35.0 Å². The van der Waals surface area contributed by atoms with E-state index in [0.29, 0.717) is 13.0 Å². The molecule has 10 N–H and O–H groups in total. The van der Waals surface area contributed by atoms with Crippen LogP contribution in [0.2, 0.25) is 0 Å². The third-order valence-corrected chi connectivity index (χ3v) is 5.91. The molecule has 2 aliphatic rings.